The minimum Gasteiger partial charge on any atom is -0.462 e. The fourth-order valence-corrected chi connectivity index (χ4v) is 2.86. The van der Waals surface area contributed by atoms with Crippen LogP contribution in [-0.4, -0.2) is 34.0 Å². The van der Waals surface area contributed by atoms with Gasteiger partial charge in [0, 0.05) is 18.7 Å². The second kappa shape index (κ2) is 6.79. The van der Waals surface area contributed by atoms with E-state index in [-0.39, 0.29) is 12.1 Å². The van der Waals surface area contributed by atoms with E-state index >= 15 is 0 Å². The molecule has 0 radical (unpaired) electrons. The van der Waals surface area contributed by atoms with Crippen molar-refractivity contribution in [1.82, 2.24) is 15.5 Å². The number of aromatic nitrogens is 2. The predicted molar refractivity (Wildman–Crippen MR) is 88.5 cm³/mol. The zero-order chi connectivity index (χ0) is 17.1. The summed E-state index contributed by atoms with van der Waals surface area (Å²) in [6, 6.07) is 11.2. The summed E-state index contributed by atoms with van der Waals surface area (Å²) in [6.07, 6.45) is 2.42. The second-order valence-corrected chi connectivity index (χ2v) is 6.23. The molecule has 3 aromatic heterocycles. The molecule has 130 valence electrons. The number of nitrogens with one attached hydrogen (secondary N) is 1. The number of aliphatic hydroxyl groups is 1. The minimum absolute atomic E-state index is 0.0938. The molecule has 0 amide bonds. The van der Waals surface area contributed by atoms with Gasteiger partial charge in [-0.2, -0.15) is 0 Å². The molecular formula is C18H19N3O4. The Bertz CT molecular complexity index is 824. The first-order chi connectivity index (χ1) is 12.3. The molecule has 0 bridgehead atoms. The van der Waals surface area contributed by atoms with Gasteiger partial charge in [0.2, 0.25) is 0 Å². The van der Waals surface area contributed by atoms with Crippen LogP contribution in [0.3, 0.4) is 0 Å². The van der Waals surface area contributed by atoms with Gasteiger partial charge in [-0.15, -0.1) is 0 Å². The summed E-state index contributed by atoms with van der Waals surface area (Å²) >= 11 is 0. The molecular weight excluding hydrogens is 322 g/mol. The third-order valence-corrected chi connectivity index (χ3v) is 4.26. The molecule has 4 heterocycles. The first-order valence-electron chi connectivity index (χ1n) is 8.15. The van der Waals surface area contributed by atoms with Gasteiger partial charge in [0.25, 0.3) is 0 Å². The lowest BCUT2D eigenvalue weighted by molar-refractivity contribution is -0.0762. The quantitative estimate of drug-likeness (QED) is 0.678. The van der Waals surface area contributed by atoms with Gasteiger partial charge in [-0.3, -0.25) is 10.3 Å². The van der Waals surface area contributed by atoms with E-state index in [0.29, 0.717) is 37.7 Å². The van der Waals surface area contributed by atoms with Gasteiger partial charge in [-0.25, -0.2) is 0 Å². The van der Waals surface area contributed by atoms with Crippen LogP contribution in [0, 0.1) is 0 Å². The smallest absolute Gasteiger partial charge is 0.185 e. The summed E-state index contributed by atoms with van der Waals surface area (Å²) in [6.45, 7) is 1.68. The summed E-state index contributed by atoms with van der Waals surface area (Å²) in [7, 11) is 0. The standard InChI is InChI=1S/C18H19N3O4/c22-10-15-5-4-14(24-15)9-20-18(11-23-12-18)8-13-7-17(25-21-13)16-3-1-2-6-19-16/h1-7,20,22H,8-12H2. The summed E-state index contributed by atoms with van der Waals surface area (Å²) in [5, 5.41) is 16.7. The molecule has 7 nitrogen and oxygen atoms in total. The predicted octanol–water partition coefficient (Wildman–Crippen LogP) is 1.92. The van der Waals surface area contributed by atoms with Crippen LogP contribution in [0.25, 0.3) is 11.5 Å². The number of ether oxygens (including phenoxy) is 1. The average molecular weight is 341 g/mol. The monoisotopic (exact) mass is 341 g/mol. The minimum atomic E-state index is -0.190. The molecule has 0 aliphatic carbocycles. The third kappa shape index (κ3) is 3.48. The van der Waals surface area contributed by atoms with Gasteiger partial charge in [0.15, 0.2) is 5.76 Å². The Morgan fingerprint density at radius 2 is 2.04 bits per heavy atom. The Kier molecular flexibility index (Phi) is 4.35. The van der Waals surface area contributed by atoms with E-state index in [2.05, 4.69) is 15.5 Å². The summed E-state index contributed by atoms with van der Waals surface area (Å²) in [5.41, 5.74) is 1.43. The molecule has 0 aromatic carbocycles. The second-order valence-electron chi connectivity index (χ2n) is 6.23. The highest BCUT2D eigenvalue weighted by molar-refractivity contribution is 5.51. The van der Waals surface area contributed by atoms with E-state index < -0.39 is 0 Å². The van der Waals surface area contributed by atoms with Gasteiger partial charge < -0.3 is 18.8 Å². The highest BCUT2D eigenvalue weighted by atomic mass is 16.5. The van der Waals surface area contributed by atoms with Crippen LogP contribution in [0.2, 0.25) is 0 Å². The largest absolute Gasteiger partial charge is 0.462 e. The Balaban J connectivity index is 1.42. The lowest BCUT2D eigenvalue weighted by atomic mass is 9.91. The first kappa shape index (κ1) is 16.0. The fraction of sp³-hybridized carbons (Fsp3) is 0.333. The maximum Gasteiger partial charge on any atom is 0.185 e. The topological polar surface area (TPSA) is 93.6 Å². The van der Waals surface area contributed by atoms with Gasteiger partial charge >= 0.3 is 0 Å². The molecule has 7 heteroatoms. The van der Waals surface area contributed by atoms with Crippen molar-refractivity contribution in [3.63, 3.8) is 0 Å². The number of pyridine rings is 1. The highest BCUT2D eigenvalue weighted by Gasteiger charge is 2.39. The normalized spacial score (nSPS) is 15.9. The maximum absolute atomic E-state index is 9.07. The van der Waals surface area contributed by atoms with Gasteiger partial charge in [-0.05, 0) is 24.3 Å². The molecule has 0 atom stereocenters. The lowest BCUT2D eigenvalue weighted by Gasteiger charge is -2.41. The molecule has 1 aliphatic heterocycles. The van der Waals surface area contributed by atoms with Crippen molar-refractivity contribution in [3.8, 4) is 11.5 Å². The molecule has 0 saturated carbocycles. The van der Waals surface area contributed by atoms with Crippen molar-refractivity contribution in [2.45, 2.75) is 25.1 Å². The zero-order valence-electron chi connectivity index (χ0n) is 13.6. The van der Waals surface area contributed by atoms with Crippen molar-refractivity contribution in [2.75, 3.05) is 13.2 Å². The molecule has 0 unspecified atom stereocenters. The fourth-order valence-electron chi connectivity index (χ4n) is 2.86. The molecule has 2 N–H and O–H groups in total. The third-order valence-electron chi connectivity index (χ3n) is 4.26. The number of hydrogen-bond donors (Lipinski definition) is 2. The zero-order valence-corrected chi connectivity index (χ0v) is 13.6. The van der Waals surface area contributed by atoms with E-state index in [9.17, 15) is 0 Å². The molecule has 1 aliphatic rings. The van der Waals surface area contributed by atoms with Crippen LogP contribution in [0.5, 0.6) is 0 Å². The Morgan fingerprint density at radius 1 is 1.16 bits per heavy atom. The average Bonchev–Trinajstić information content (AvgIpc) is 3.27. The van der Waals surface area contributed by atoms with E-state index in [4.69, 9.17) is 18.8 Å². The Morgan fingerprint density at radius 3 is 2.72 bits per heavy atom. The van der Waals surface area contributed by atoms with Crippen molar-refractivity contribution in [3.05, 3.63) is 59.8 Å². The lowest BCUT2D eigenvalue weighted by Crippen LogP contribution is -2.61. The van der Waals surface area contributed by atoms with Crippen molar-refractivity contribution in [1.29, 1.82) is 0 Å². The summed E-state index contributed by atoms with van der Waals surface area (Å²) in [4.78, 5) is 4.27. The van der Waals surface area contributed by atoms with Crippen LogP contribution >= 0.6 is 0 Å². The van der Waals surface area contributed by atoms with E-state index in [1.807, 2.05) is 30.3 Å². The summed E-state index contributed by atoms with van der Waals surface area (Å²) < 4.78 is 16.3. The molecule has 3 aromatic rings. The van der Waals surface area contributed by atoms with E-state index in [1.54, 1.807) is 12.3 Å². The molecule has 4 rings (SSSR count). The van der Waals surface area contributed by atoms with Gasteiger partial charge in [-0.1, -0.05) is 11.2 Å². The van der Waals surface area contributed by atoms with Crippen LogP contribution in [-0.2, 0) is 24.3 Å². The van der Waals surface area contributed by atoms with Gasteiger partial charge in [0.1, 0.15) is 23.8 Å². The Hall–Kier alpha value is -2.48. The SMILES string of the molecule is OCc1ccc(CNC2(Cc3cc(-c4ccccn4)on3)COC2)o1. The summed E-state index contributed by atoms with van der Waals surface area (Å²) in [5.74, 6) is 2.00. The molecule has 0 spiro atoms. The van der Waals surface area contributed by atoms with Crippen LogP contribution in [0.4, 0.5) is 0 Å². The first-order valence-corrected chi connectivity index (χ1v) is 8.15. The number of furan rings is 1. The van der Waals surface area contributed by atoms with Crippen molar-refractivity contribution in [2.24, 2.45) is 0 Å². The van der Waals surface area contributed by atoms with Crippen LogP contribution in [0.1, 0.15) is 17.2 Å². The number of hydrogen-bond acceptors (Lipinski definition) is 7. The van der Waals surface area contributed by atoms with E-state index in [1.165, 1.54) is 0 Å². The molecule has 1 fully saturated rings. The molecule has 1 saturated heterocycles. The van der Waals surface area contributed by atoms with Crippen LogP contribution in [0.15, 0.2) is 51.5 Å². The highest BCUT2D eigenvalue weighted by Crippen LogP contribution is 2.25. The number of nitrogens with zero attached hydrogens (tertiary/aromatic N) is 2. The Labute approximate surface area is 144 Å². The molecule has 25 heavy (non-hydrogen) atoms. The van der Waals surface area contributed by atoms with Crippen molar-refractivity contribution < 1.29 is 18.8 Å². The van der Waals surface area contributed by atoms with Crippen molar-refractivity contribution >= 4 is 0 Å². The van der Waals surface area contributed by atoms with Gasteiger partial charge in [0.05, 0.1) is 31.0 Å². The maximum atomic E-state index is 9.07. The number of aliphatic hydroxyl groups excluding tert-OH is 1. The van der Waals surface area contributed by atoms with Crippen LogP contribution < -0.4 is 5.32 Å². The number of rotatable bonds is 7. The van der Waals surface area contributed by atoms with E-state index in [0.717, 1.165) is 17.1 Å².